The standard InChI is InChI=1S/C12H11N3O2/c13-12(14)15-10-6-2-3-7-8(10)4-1-5-9(7)11(16)17/h1-6H,(H,16,17)(H4,13,14,15). The van der Waals surface area contributed by atoms with Gasteiger partial charge in [0.2, 0.25) is 0 Å². The monoisotopic (exact) mass is 229 g/mol. The van der Waals surface area contributed by atoms with Gasteiger partial charge >= 0.3 is 5.97 Å². The predicted molar refractivity (Wildman–Crippen MR) is 66.4 cm³/mol. The summed E-state index contributed by atoms with van der Waals surface area (Å²) < 4.78 is 0. The van der Waals surface area contributed by atoms with Crippen molar-refractivity contribution in [3.05, 3.63) is 42.0 Å². The van der Waals surface area contributed by atoms with Crippen molar-refractivity contribution < 1.29 is 9.90 Å². The van der Waals surface area contributed by atoms with E-state index >= 15 is 0 Å². The van der Waals surface area contributed by atoms with Crippen molar-refractivity contribution in [1.29, 1.82) is 0 Å². The lowest BCUT2D eigenvalue weighted by Crippen LogP contribution is -2.21. The number of carboxylic acids is 1. The van der Waals surface area contributed by atoms with E-state index in [1.165, 1.54) is 0 Å². The van der Waals surface area contributed by atoms with Gasteiger partial charge in [-0.3, -0.25) is 0 Å². The van der Waals surface area contributed by atoms with E-state index in [-0.39, 0.29) is 11.5 Å². The van der Waals surface area contributed by atoms with E-state index in [4.69, 9.17) is 16.6 Å². The Bertz CT molecular complexity index is 616. The fourth-order valence-electron chi connectivity index (χ4n) is 1.72. The highest BCUT2D eigenvalue weighted by atomic mass is 16.4. The van der Waals surface area contributed by atoms with Gasteiger partial charge in [0.05, 0.1) is 11.3 Å². The predicted octanol–water partition coefficient (Wildman–Crippen LogP) is 1.44. The van der Waals surface area contributed by atoms with Gasteiger partial charge in [-0.2, -0.15) is 0 Å². The van der Waals surface area contributed by atoms with Crippen molar-refractivity contribution in [3.8, 4) is 0 Å². The molecule has 5 nitrogen and oxygen atoms in total. The lowest BCUT2D eigenvalue weighted by atomic mass is 10.0. The van der Waals surface area contributed by atoms with Crippen molar-refractivity contribution >= 4 is 28.4 Å². The van der Waals surface area contributed by atoms with Crippen LogP contribution in [0.15, 0.2) is 41.4 Å². The molecule has 0 heterocycles. The van der Waals surface area contributed by atoms with Crippen molar-refractivity contribution in [2.45, 2.75) is 0 Å². The molecule has 0 radical (unpaired) electrons. The van der Waals surface area contributed by atoms with Crippen molar-refractivity contribution in [2.75, 3.05) is 0 Å². The summed E-state index contributed by atoms with van der Waals surface area (Å²) >= 11 is 0. The molecular weight excluding hydrogens is 218 g/mol. The molecule has 0 amide bonds. The van der Waals surface area contributed by atoms with Crippen LogP contribution in [-0.2, 0) is 0 Å². The van der Waals surface area contributed by atoms with Gasteiger partial charge in [0, 0.05) is 5.39 Å². The minimum atomic E-state index is -0.975. The molecule has 0 unspecified atom stereocenters. The second kappa shape index (κ2) is 4.13. The average molecular weight is 229 g/mol. The summed E-state index contributed by atoms with van der Waals surface area (Å²) in [5.74, 6) is -1.03. The van der Waals surface area contributed by atoms with Gasteiger partial charge in [-0.25, -0.2) is 9.79 Å². The van der Waals surface area contributed by atoms with E-state index < -0.39 is 5.97 Å². The molecule has 0 aliphatic carbocycles. The zero-order valence-corrected chi connectivity index (χ0v) is 8.92. The number of rotatable bonds is 2. The van der Waals surface area contributed by atoms with Crippen molar-refractivity contribution in [2.24, 2.45) is 16.5 Å². The lowest BCUT2D eigenvalue weighted by molar-refractivity contribution is 0.0699. The van der Waals surface area contributed by atoms with Crippen LogP contribution in [0.3, 0.4) is 0 Å². The molecule has 5 N–H and O–H groups in total. The fraction of sp³-hybridized carbons (Fsp3) is 0. The van der Waals surface area contributed by atoms with E-state index in [0.717, 1.165) is 0 Å². The number of carboxylic acid groups (broad SMARTS) is 1. The SMILES string of the molecule is NC(N)=Nc1cccc2c(C(=O)O)cccc12. The fourth-order valence-corrected chi connectivity index (χ4v) is 1.72. The lowest BCUT2D eigenvalue weighted by Gasteiger charge is -2.05. The number of aliphatic imine (C=N–C) groups is 1. The third-order valence-corrected chi connectivity index (χ3v) is 2.38. The molecule has 0 fully saturated rings. The minimum Gasteiger partial charge on any atom is -0.478 e. The van der Waals surface area contributed by atoms with Gasteiger partial charge in [-0.05, 0) is 17.5 Å². The van der Waals surface area contributed by atoms with E-state index in [0.29, 0.717) is 16.5 Å². The molecule has 2 aromatic rings. The Morgan fingerprint density at radius 3 is 2.35 bits per heavy atom. The summed E-state index contributed by atoms with van der Waals surface area (Å²) in [5.41, 5.74) is 11.4. The molecule has 0 saturated heterocycles. The van der Waals surface area contributed by atoms with Crippen LogP contribution in [0, 0.1) is 0 Å². The van der Waals surface area contributed by atoms with Crippen LogP contribution in [0.25, 0.3) is 10.8 Å². The molecule has 0 spiro atoms. The molecular formula is C12H11N3O2. The number of carbonyl (C=O) groups is 1. The van der Waals surface area contributed by atoms with Crippen LogP contribution < -0.4 is 11.5 Å². The van der Waals surface area contributed by atoms with Gasteiger partial charge < -0.3 is 16.6 Å². The van der Waals surface area contributed by atoms with Crippen LogP contribution in [0.5, 0.6) is 0 Å². The summed E-state index contributed by atoms with van der Waals surface area (Å²) in [6, 6.07) is 10.2. The first-order valence-corrected chi connectivity index (χ1v) is 4.94. The molecule has 0 atom stereocenters. The molecule has 0 saturated carbocycles. The van der Waals surface area contributed by atoms with Gasteiger partial charge in [0.15, 0.2) is 5.96 Å². The third-order valence-electron chi connectivity index (χ3n) is 2.38. The number of nitrogens with two attached hydrogens (primary N) is 2. The van der Waals surface area contributed by atoms with Gasteiger partial charge in [-0.1, -0.05) is 24.3 Å². The molecule has 0 aliphatic heterocycles. The molecule has 2 aromatic carbocycles. The number of guanidine groups is 1. The maximum atomic E-state index is 11.1. The van der Waals surface area contributed by atoms with Crippen LogP contribution in [0.2, 0.25) is 0 Å². The Hall–Kier alpha value is -2.56. The van der Waals surface area contributed by atoms with Crippen molar-refractivity contribution in [1.82, 2.24) is 0 Å². The average Bonchev–Trinajstić information content (AvgIpc) is 2.28. The maximum absolute atomic E-state index is 11.1. The quantitative estimate of drug-likeness (QED) is 0.535. The molecule has 2 rings (SSSR count). The van der Waals surface area contributed by atoms with Crippen LogP contribution >= 0.6 is 0 Å². The van der Waals surface area contributed by atoms with Crippen LogP contribution in [0.1, 0.15) is 10.4 Å². The second-order valence-electron chi connectivity index (χ2n) is 3.52. The molecule has 0 bridgehead atoms. The topological polar surface area (TPSA) is 102 Å². The summed E-state index contributed by atoms with van der Waals surface area (Å²) in [7, 11) is 0. The van der Waals surface area contributed by atoms with E-state index in [2.05, 4.69) is 4.99 Å². The maximum Gasteiger partial charge on any atom is 0.336 e. The normalized spacial score (nSPS) is 10.1. The Morgan fingerprint density at radius 1 is 1.06 bits per heavy atom. The Kier molecular flexibility index (Phi) is 2.66. The van der Waals surface area contributed by atoms with Gasteiger partial charge in [-0.15, -0.1) is 0 Å². The summed E-state index contributed by atoms with van der Waals surface area (Å²) in [6.45, 7) is 0. The van der Waals surface area contributed by atoms with Gasteiger partial charge in [0.25, 0.3) is 0 Å². The van der Waals surface area contributed by atoms with Crippen LogP contribution in [0.4, 0.5) is 5.69 Å². The van der Waals surface area contributed by atoms with E-state index in [9.17, 15) is 4.79 Å². The Labute approximate surface area is 97.4 Å². The highest BCUT2D eigenvalue weighted by Gasteiger charge is 2.09. The number of hydrogen-bond acceptors (Lipinski definition) is 2. The smallest absolute Gasteiger partial charge is 0.336 e. The second-order valence-corrected chi connectivity index (χ2v) is 3.52. The first-order chi connectivity index (χ1) is 8.09. The number of nitrogens with zero attached hydrogens (tertiary/aromatic N) is 1. The molecule has 86 valence electrons. The number of fused-ring (bicyclic) bond motifs is 1. The Balaban J connectivity index is 2.79. The minimum absolute atomic E-state index is 0.0572. The number of benzene rings is 2. The van der Waals surface area contributed by atoms with Gasteiger partial charge in [0.1, 0.15) is 0 Å². The first kappa shape index (κ1) is 10.9. The number of aromatic carboxylic acids is 1. The van der Waals surface area contributed by atoms with E-state index in [1.54, 1.807) is 36.4 Å². The summed E-state index contributed by atoms with van der Waals surface area (Å²) in [5, 5.41) is 10.4. The third kappa shape index (κ3) is 2.03. The molecule has 0 aromatic heterocycles. The zero-order chi connectivity index (χ0) is 12.4. The van der Waals surface area contributed by atoms with Crippen LogP contribution in [-0.4, -0.2) is 17.0 Å². The number of hydrogen-bond donors (Lipinski definition) is 3. The molecule has 5 heteroatoms. The highest BCUT2D eigenvalue weighted by Crippen LogP contribution is 2.28. The Morgan fingerprint density at radius 2 is 1.71 bits per heavy atom. The first-order valence-electron chi connectivity index (χ1n) is 4.94. The van der Waals surface area contributed by atoms with E-state index in [1.807, 2.05) is 0 Å². The molecule has 17 heavy (non-hydrogen) atoms. The molecule has 0 aliphatic rings. The largest absolute Gasteiger partial charge is 0.478 e. The van der Waals surface area contributed by atoms with Crippen molar-refractivity contribution in [3.63, 3.8) is 0 Å². The highest BCUT2D eigenvalue weighted by molar-refractivity contribution is 6.07. The zero-order valence-electron chi connectivity index (χ0n) is 8.92. The summed E-state index contributed by atoms with van der Waals surface area (Å²) in [4.78, 5) is 15.0. The summed E-state index contributed by atoms with van der Waals surface area (Å²) in [6.07, 6.45) is 0.